The van der Waals surface area contributed by atoms with Gasteiger partial charge in [-0.3, -0.25) is 9.80 Å². The summed E-state index contributed by atoms with van der Waals surface area (Å²) in [4.78, 5) is 4.93. The van der Waals surface area contributed by atoms with Crippen LogP contribution in [-0.4, -0.2) is 101 Å². The fourth-order valence-electron chi connectivity index (χ4n) is 5.19. The Bertz CT molecular complexity index is 391. The highest BCUT2D eigenvalue weighted by Crippen LogP contribution is 2.22. The van der Waals surface area contributed by atoms with Crippen LogP contribution in [0.3, 0.4) is 0 Å². The van der Waals surface area contributed by atoms with Crippen LogP contribution in [0.1, 0.15) is 136 Å². The molecule has 4 aliphatic heterocycles. The highest BCUT2D eigenvalue weighted by Gasteiger charge is 2.17. The van der Waals surface area contributed by atoms with Crippen LogP contribution in [0.25, 0.3) is 0 Å². The van der Waals surface area contributed by atoms with Crippen LogP contribution in [-0.2, 0) is 9.47 Å². The Morgan fingerprint density at radius 1 is 0.432 bits per heavy atom. The summed E-state index contributed by atoms with van der Waals surface area (Å²) in [5.74, 6) is 3.67. The Balaban J connectivity index is -0.000000225. The highest BCUT2D eigenvalue weighted by atomic mass is 16.5. The van der Waals surface area contributed by atoms with E-state index in [9.17, 15) is 0 Å². The molecule has 0 aromatic carbocycles. The van der Waals surface area contributed by atoms with Crippen LogP contribution in [0.2, 0.25) is 0 Å². The number of piperidine rings is 1. The van der Waals surface area contributed by atoms with Crippen LogP contribution < -0.4 is 10.6 Å². The van der Waals surface area contributed by atoms with E-state index < -0.39 is 0 Å². The Labute approximate surface area is 280 Å². The van der Waals surface area contributed by atoms with Crippen molar-refractivity contribution >= 4 is 0 Å². The molecule has 0 atom stereocenters. The van der Waals surface area contributed by atoms with Gasteiger partial charge in [0.05, 0.1) is 13.2 Å². The van der Waals surface area contributed by atoms with Gasteiger partial charge in [-0.2, -0.15) is 0 Å². The zero-order valence-electron chi connectivity index (χ0n) is 33.5. The third-order valence-corrected chi connectivity index (χ3v) is 8.19. The van der Waals surface area contributed by atoms with Crippen molar-refractivity contribution in [3.8, 4) is 0 Å². The molecule has 2 N–H and O–H groups in total. The first-order valence-electron chi connectivity index (χ1n) is 19.3. The molecule has 0 bridgehead atoms. The molecule has 44 heavy (non-hydrogen) atoms. The maximum atomic E-state index is 5.25. The van der Waals surface area contributed by atoms with E-state index in [1.165, 1.54) is 51.9 Å². The fraction of sp³-hybridized carbons (Fsp3) is 1.00. The third-order valence-electron chi connectivity index (χ3n) is 8.19. The van der Waals surface area contributed by atoms with Gasteiger partial charge in [-0.15, -0.1) is 0 Å². The molecular formula is C38H88N4O2. The summed E-state index contributed by atoms with van der Waals surface area (Å²) in [6, 6.07) is 1.42. The summed E-state index contributed by atoms with van der Waals surface area (Å²) in [5.41, 5.74) is 0. The first-order valence-corrected chi connectivity index (χ1v) is 19.3. The SMILES string of the molecule is CC.CC.CC.CC.CC(C)C1CCNCC1.CC(C)C1CCOCC1.CC(C)N1CCNCC1.CC(C)N1CCOCC1. The number of morpholine rings is 1. The molecule has 0 aromatic rings. The minimum atomic E-state index is 0.689. The minimum absolute atomic E-state index is 0.689. The second-order valence-corrected chi connectivity index (χ2v) is 12.1. The molecule has 4 fully saturated rings. The van der Waals surface area contributed by atoms with Gasteiger partial charge in [0.1, 0.15) is 0 Å². The number of rotatable bonds is 4. The van der Waals surface area contributed by atoms with Crippen LogP contribution in [0.4, 0.5) is 0 Å². The third kappa shape index (κ3) is 30.4. The quantitative estimate of drug-likeness (QED) is 0.323. The van der Waals surface area contributed by atoms with Crippen molar-refractivity contribution in [2.24, 2.45) is 23.7 Å². The number of nitrogens with zero attached hydrogens (tertiary/aromatic N) is 2. The lowest BCUT2D eigenvalue weighted by Gasteiger charge is -2.30. The van der Waals surface area contributed by atoms with Crippen LogP contribution in [0.15, 0.2) is 0 Å². The predicted molar refractivity (Wildman–Crippen MR) is 201 cm³/mol. The number of hydrogen-bond donors (Lipinski definition) is 2. The van der Waals surface area contributed by atoms with Gasteiger partial charge in [-0.25, -0.2) is 0 Å². The Hall–Kier alpha value is -0.240. The number of piperazine rings is 1. The number of hydrogen-bond acceptors (Lipinski definition) is 6. The van der Waals surface area contributed by atoms with Crippen molar-refractivity contribution in [1.82, 2.24) is 20.4 Å². The fourth-order valence-corrected chi connectivity index (χ4v) is 5.19. The maximum Gasteiger partial charge on any atom is 0.0594 e. The number of nitrogens with one attached hydrogen (secondary N) is 2. The predicted octanol–water partition coefficient (Wildman–Crippen LogP) is 8.84. The van der Waals surface area contributed by atoms with Crippen LogP contribution in [0.5, 0.6) is 0 Å². The molecule has 0 unspecified atom stereocenters. The molecule has 0 radical (unpaired) electrons. The van der Waals surface area contributed by atoms with E-state index in [4.69, 9.17) is 9.47 Å². The lowest BCUT2D eigenvalue weighted by atomic mass is 9.87. The lowest BCUT2D eigenvalue weighted by Crippen LogP contribution is -2.46. The first kappa shape index (κ1) is 50.6. The van der Waals surface area contributed by atoms with Gasteiger partial charge in [0.15, 0.2) is 0 Å². The van der Waals surface area contributed by atoms with E-state index in [0.717, 1.165) is 82.3 Å². The summed E-state index contributed by atoms with van der Waals surface area (Å²) in [6.07, 6.45) is 5.32. The van der Waals surface area contributed by atoms with E-state index in [1.807, 2.05) is 55.4 Å². The Kier molecular flexibility index (Phi) is 44.8. The van der Waals surface area contributed by atoms with E-state index in [1.54, 1.807) is 0 Å². The number of ether oxygens (including phenoxy) is 2. The van der Waals surface area contributed by atoms with Crippen molar-refractivity contribution in [2.45, 2.75) is 149 Å². The van der Waals surface area contributed by atoms with E-state index in [-0.39, 0.29) is 0 Å². The molecular weight excluding hydrogens is 544 g/mol. The van der Waals surface area contributed by atoms with E-state index in [2.05, 4.69) is 75.8 Å². The average Bonchev–Trinajstić information content (AvgIpc) is 3.11. The maximum absolute atomic E-state index is 5.25. The van der Waals surface area contributed by atoms with Crippen LogP contribution >= 0.6 is 0 Å². The minimum Gasteiger partial charge on any atom is -0.381 e. The summed E-state index contributed by atoms with van der Waals surface area (Å²) < 4.78 is 10.5. The monoisotopic (exact) mass is 633 g/mol. The molecule has 4 saturated heterocycles. The molecule has 0 spiro atoms. The van der Waals surface area contributed by atoms with Crippen LogP contribution in [0, 0.1) is 23.7 Å². The second-order valence-electron chi connectivity index (χ2n) is 12.1. The largest absolute Gasteiger partial charge is 0.381 e. The second kappa shape index (κ2) is 38.9. The molecule has 4 aliphatic rings. The molecule has 4 rings (SSSR count). The zero-order valence-corrected chi connectivity index (χ0v) is 33.5. The van der Waals surface area contributed by atoms with Gasteiger partial charge < -0.3 is 20.1 Å². The van der Waals surface area contributed by atoms with Gasteiger partial charge in [-0.05, 0) is 90.1 Å². The molecule has 6 nitrogen and oxygen atoms in total. The average molecular weight is 633 g/mol. The lowest BCUT2D eigenvalue weighted by molar-refractivity contribution is 0.0238. The highest BCUT2D eigenvalue weighted by molar-refractivity contribution is 4.71. The summed E-state index contributed by atoms with van der Waals surface area (Å²) in [5, 5.41) is 6.70. The van der Waals surface area contributed by atoms with Crippen molar-refractivity contribution < 1.29 is 9.47 Å². The normalized spacial score (nSPS) is 19.4. The molecule has 272 valence electrons. The molecule has 0 aliphatic carbocycles. The van der Waals surface area contributed by atoms with Gasteiger partial charge in [0, 0.05) is 64.6 Å². The van der Waals surface area contributed by atoms with Crippen molar-refractivity contribution in [1.29, 1.82) is 0 Å². The molecule has 0 amide bonds. The van der Waals surface area contributed by atoms with Gasteiger partial charge in [-0.1, -0.05) is 83.1 Å². The van der Waals surface area contributed by atoms with Crippen molar-refractivity contribution in [3.05, 3.63) is 0 Å². The summed E-state index contributed by atoms with van der Waals surface area (Å²) in [6.45, 7) is 47.5. The molecule has 4 heterocycles. The Morgan fingerprint density at radius 3 is 1.02 bits per heavy atom. The van der Waals surface area contributed by atoms with Crippen molar-refractivity contribution in [2.75, 3.05) is 78.8 Å². The Morgan fingerprint density at radius 2 is 0.750 bits per heavy atom. The smallest absolute Gasteiger partial charge is 0.0594 e. The summed E-state index contributed by atoms with van der Waals surface area (Å²) >= 11 is 0. The van der Waals surface area contributed by atoms with E-state index in [0.29, 0.717) is 6.04 Å². The molecule has 0 saturated carbocycles. The molecule has 0 aromatic heterocycles. The van der Waals surface area contributed by atoms with Gasteiger partial charge in [0.2, 0.25) is 0 Å². The molecule has 6 heteroatoms. The standard InChI is InChI=1S/C8H17N.C8H16O.C7H16N2.C7H15NO.4C2H6/c2*1-7(2)8-3-5-9-6-4-8;1-7(2)9-5-3-8-4-6-9;1-7(2)8-3-5-9-6-4-8;4*1-2/h7-9H,3-6H2,1-2H3;2*7-8H,3-6H2,1-2H3;7H,3-6H2,1-2H3;4*1-2H3. The zero-order chi connectivity index (χ0) is 34.8. The van der Waals surface area contributed by atoms with E-state index >= 15 is 0 Å². The van der Waals surface area contributed by atoms with Crippen molar-refractivity contribution in [3.63, 3.8) is 0 Å². The topological polar surface area (TPSA) is 49.0 Å². The first-order chi connectivity index (χ1) is 21.2. The van der Waals surface area contributed by atoms with Gasteiger partial charge >= 0.3 is 0 Å². The van der Waals surface area contributed by atoms with Gasteiger partial charge in [0.25, 0.3) is 0 Å². The summed E-state index contributed by atoms with van der Waals surface area (Å²) in [7, 11) is 0.